The Kier molecular flexibility index (Phi) is 4.16. The smallest absolute Gasteiger partial charge is 0.354 e. The van der Waals surface area contributed by atoms with E-state index in [9.17, 15) is 9.59 Å². The van der Waals surface area contributed by atoms with E-state index in [-0.39, 0.29) is 11.6 Å². The number of hydrogen-bond acceptors (Lipinski definition) is 3. The molecule has 2 N–H and O–H groups in total. The number of carbonyl (C=O) groups is 2. The summed E-state index contributed by atoms with van der Waals surface area (Å²) in [5.74, 6) is -0.841. The van der Waals surface area contributed by atoms with Crippen LogP contribution in [0.5, 0.6) is 0 Å². The molecule has 4 rings (SSSR count). The van der Waals surface area contributed by atoms with Gasteiger partial charge in [-0.3, -0.25) is 4.79 Å². The molecule has 0 atom stereocenters. The maximum atomic E-state index is 12.7. The van der Waals surface area contributed by atoms with Crippen LogP contribution in [0, 0.1) is 0 Å². The van der Waals surface area contributed by atoms with Gasteiger partial charge >= 0.3 is 5.97 Å². The number of carboxylic acids is 1. The summed E-state index contributed by atoms with van der Waals surface area (Å²) in [6.07, 6.45) is 5.24. The van der Waals surface area contributed by atoms with Gasteiger partial charge in [0.1, 0.15) is 5.69 Å². The zero-order chi connectivity index (χ0) is 18.1. The predicted octanol–water partition coefficient (Wildman–Crippen LogP) is 3.28. The van der Waals surface area contributed by atoms with Crippen molar-refractivity contribution in [3.8, 4) is 0 Å². The van der Waals surface area contributed by atoms with E-state index in [1.54, 1.807) is 11.0 Å². The summed E-state index contributed by atoms with van der Waals surface area (Å²) in [5, 5.41) is 10.3. The molecular weight excluding hydrogens is 330 g/mol. The zero-order valence-corrected chi connectivity index (χ0v) is 14.2. The van der Waals surface area contributed by atoms with Gasteiger partial charge in [-0.25, -0.2) is 9.78 Å². The van der Waals surface area contributed by atoms with E-state index in [4.69, 9.17) is 5.11 Å². The summed E-state index contributed by atoms with van der Waals surface area (Å²) in [5.41, 5.74) is 2.72. The van der Waals surface area contributed by atoms with Crippen LogP contribution < -0.4 is 0 Å². The Hall–Kier alpha value is -3.15. The molecule has 1 aliphatic heterocycles. The van der Waals surface area contributed by atoms with Crippen LogP contribution in [-0.4, -0.2) is 44.9 Å². The highest BCUT2D eigenvalue weighted by Gasteiger charge is 2.26. The second-order valence-electron chi connectivity index (χ2n) is 6.59. The number of para-hydroxylation sites is 1. The summed E-state index contributed by atoms with van der Waals surface area (Å²) in [6.45, 7) is 1.32. The van der Waals surface area contributed by atoms with Crippen molar-refractivity contribution in [2.75, 3.05) is 13.1 Å². The third-order valence-electron chi connectivity index (χ3n) is 5.07. The Bertz CT molecular complexity index is 971. The van der Waals surface area contributed by atoms with E-state index in [1.807, 2.05) is 12.1 Å². The summed E-state index contributed by atoms with van der Waals surface area (Å²) in [6, 6.07) is 11.2. The number of carbonyl (C=O) groups excluding carboxylic acids is 1. The molecule has 1 aliphatic rings. The monoisotopic (exact) mass is 349 g/mol. The van der Waals surface area contributed by atoms with Crippen molar-refractivity contribution in [1.29, 1.82) is 0 Å². The summed E-state index contributed by atoms with van der Waals surface area (Å²) in [4.78, 5) is 32.6. The molecule has 6 nitrogen and oxygen atoms in total. The fraction of sp³-hybridized carbons (Fsp3) is 0.250. The Labute approximate surface area is 150 Å². The first-order chi connectivity index (χ1) is 12.6. The lowest BCUT2D eigenvalue weighted by Gasteiger charge is -2.32. The number of hydrogen-bond donors (Lipinski definition) is 2. The predicted molar refractivity (Wildman–Crippen MR) is 97.4 cm³/mol. The maximum Gasteiger partial charge on any atom is 0.354 e. The van der Waals surface area contributed by atoms with Crippen molar-refractivity contribution < 1.29 is 14.7 Å². The lowest BCUT2D eigenvalue weighted by Crippen LogP contribution is -2.38. The highest BCUT2D eigenvalue weighted by atomic mass is 16.4. The Morgan fingerprint density at radius 3 is 2.69 bits per heavy atom. The Balaban J connectivity index is 1.47. The van der Waals surface area contributed by atoms with E-state index in [1.165, 1.54) is 23.2 Å². The molecule has 0 bridgehead atoms. The van der Waals surface area contributed by atoms with Gasteiger partial charge < -0.3 is 15.0 Å². The summed E-state index contributed by atoms with van der Waals surface area (Å²) in [7, 11) is 0. The molecule has 0 radical (unpaired) electrons. The van der Waals surface area contributed by atoms with Gasteiger partial charge in [0.05, 0.1) is 0 Å². The van der Waals surface area contributed by atoms with Gasteiger partial charge in [0.25, 0.3) is 5.91 Å². The van der Waals surface area contributed by atoms with Crippen molar-refractivity contribution >= 4 is 22.8 Å². The van der Waals surface area contributed by atoms with Crippen LogP contribution in [-0.2, 0) is 0 Å². The molecule has 0 saturated carbocycles. The fourth-order valence-electron chi connectivity index (χ4n) is 3.69. The van der Waals surface area contributed by atoms with Crippen LogP contribution >= 0.6 is 0 Å². The van der Waals surface area contributed by atoms with Crippen molar-refractivity contribution in [3.63, 3.8) is 0 Å². The summed E-state index contributed by atoms with van der Waals surface area (Å²) >= 11 is 0. The van der Waals surface area contributed by atoms with Crippen LogP contribution in [0.4, 0.5) is 0 Å². The maximum absolute atomic E-state index is 12.7. The highest BCUT2D eigenvalue weighted by Crippen LogP contribution is 2.33. The highest BCUT2D eigenvalue weighted by molar-refractivity contribution is 5.96. The molecule has 0 spiro atoms. The number of pyridine rings is 1. The van der Waals surface area contributed by atoms with Crippen LogP contribution in [0.15, 0.2) is 48.8 Å². The van der Waals surface area contributed by atoms with Crippen LogP contribution in [0.2, 0.25) is 0 Å². The van der Waals surface area contributed by atoms with Crippen LogP contribution in [0.25, 0.3) is 10.9 Å². The van der Waals surface area contributed by atoms with Gasteiger partial charge in [-0.1, -0.05) is 18.2 Å². The number of aromatic amines is 1. The van der Waals surface area contributed by atoms with Crippen molar-refractivity contribution in [1.82, 2.24) is 14.9 Å². The number of piperidine rings is 1. The number of likely N-dealkylation sites (tertiary alicyclic amines) is 1. The van der Waals surface area contributed by atoms with E-state index >= 15 is 0 Å². The number of amides is 1. The van der Waals surface area contributed by atoms with Gasteiger partial charge in [-0.15, -0.1) is 0 Å². The molecule has 26 heavy (non-hydrogen) atoms. The first-order valence-corrected chi connectivity index (χ1v) is 8.68. The van der Waals surface area contributed by atoms with Crippen LogP contribution in [0.3, 0.4) is 0 Å². The van der Waals surface area contributed by atoms with Crippen molar-refractivity contribution in [2.45, 2.75) is 18.8 Å². The van der Waals surface area contributed by atoms with Gasteiger partial charge in [0.15, 0.2) is 0 Å². The fourth-order valence-corrected chi connectivity index (χ4v) is 3.69. The van der Waals surface area contributed by atoms with E-state index in [0.29, 0.717) is 24.6 Å². The van der Waals surface area contributed by atoms with Crippen molar-refractivity contribution in [2.24, 2.45) is 0 Å². The van der Waals surface area contributed by atoms with E-state index in [2.05, 4.69) is 28.3 Å². The van der Waals surface area contributed by atoms with Gasteiger partial charge in [0, 0.05) is 41.9 Å². The number of aromatic carboxylic acids is 1. The van der Waals surface area contributed by atoms with Gasteiger partial charge in [0.2, 0.25) is 0 Å². The molecule has 0 aliphatic carbocycles. The number of nitrogens with one attached hydrogen (secondary N) is 1. The molecule has 1 saturated heterocycles. The molecule has 1 aromatic carbocycles. The molecule has 3 aromatic rings. The number of rotatable bonds is 3. The number of nitrogens with zero attached hydrogens (tertiary/aromatic N) is 2. The first-order valence-electron chi connectivity index (χ1n) is 8.68. The van der Waals surface area contributed by atoms with Gasteiger partial charge in [-0.2, -0.15) is 0 Å². The van der Waals surface area contributed by atoms with E-state index in [0.717, 1.165) is 18.4 Å². The molecule has 3 heterocycles. The first kappa shape index (κ1) is 16.3. The Morgan fingerprint density at radius 1 is 1.15 bits per heavy atom. The third-order valence-corrected chi connectivity index (χ3v) is 5.07. The quantitative estimate of drug-likeness (QED) is 0.760. The minimum atomic E-state index is -1.13. The average Bonchev–Trinajstić information content (AvgIpc) is 3.12. The zero-order valence-electron chi connectivity index (χ0n) is 14.2. The lowest BCUT2D eigenvalue weighted by molar-refractivity contribution is 0.0690. The van der Waals surface area contributed by atoms with E-state index < -0.39 is 5.97 Å². The SMILES string of the molecule is O=C(O)c1cc(C(=O)N2CCC(c3c[nH]c4ccccc34)CC2)ccn1. The largest absolute Gasteiger partial charge is 0.477 e. The number of aromatic nitrogens is 2. The molecule has 1 fully saturated rings. The summed E-state index contributed by atoms with van der Waals surface area (Å²) < 4.78 is 0. The number of benzene rings is 1. The molecule has 6 heteroatoms. The number of fused-ring (bicyclic) bond motifs is 1. The number of carboxylic acid groups (broad SMARTS) is 1. The minimum Gasteiger partial charge on any atom is -0.477 e. The molecular formula is C20H19N3O3. The molecule has 1 amide bonds. The number of H-pyrrole nitrogens is 1. The molecule has 2 aromatic heterocycles. The lowest BCUT2D eigenvalue weighted by atomic mass is 9.89. The second kappa shape index (κ2) is 6.63. The molecule has 132 valence electrons. The topological polar surface area (TPSA) is 86.3 Å². The normalized spacial score (nSPS) is 15.3. The van der Waals surface area contributed by atoms with Crippen LogP contribution in [0.1, 0.15) is 45.2 Å². The minimum absolute atomic E-state index is 0.107. The second-order valence-corrected chi connectivity index (χ2v) is 6.59. The average molecular weight is 349 g/mol. The third kappa shape index (κ3) is 2.94. The standard InChI is InChI=1S/C20H19N3O3/c24-19(14-5-8-21-18(11-14)20(25)26)23-9-6-13(7-10-23)16-12-22-17-4-2-1-3-15(16)17/h1-5,8,11-13,22H,6-7,9-10H2,(H,25,26). The van der Waals surface area contributed by atoms with Crippen molar-refractivity contribution in [3.05, 3.63) is 65.6 Å². The Morgan fingerprint density at radius 2 is 1.92 bits per heavy atom. The molecule has 0 unspecified atom stereocenters. The van der Waals surface area contributed by atoms with Gasteiger partial charge in [-0.05, 0) is 42.5 Å².